The number of hydrogen-bond acceptors (Lipinski definition) is 4. The second-order valence-electron chi connectivity index (χ2n) is 5.96. The highest BCUT2D eigenvalue weighted by atomic mass is 16.5. The lowest BCUT2D eigenvalue weighted by molar-refractivity contribution is 0.228. The first kappa shape index (κ1) is 14.2. The van der Waals surface area contributed by atoms with E-state index in [2.05, 4.69) is 40.4 Å². The van der Waals surface area contributed by atoms with Crippen molar-refractivity contribution in [3.8, 4) is 11.3 Å². The van der Waals surface area contributed by atoms with Gasteiger partial charge in [-0.05, 0) is 6.92 Å². The fourth-order valence-electron chi connectivity index (χ4n) is 3.14. The molecule has 0 N–H and O–H groups in total. The summed E-state index contributed by atoms with van der Waals surface area (Å²) < 4.78 is 7.54. The molecular formula is C18H20N4O. The molecule has 0 bridgehead atoms. The van der Waals surface area contributed by atoms with E-state index in [1.165, 1.54) is 11.1 Å². The van der Waals surface area contributed by atoms with Crippen LogP contribution in [-0.2, 0) is 26.1 Å². The van der Waals surface area contributed by atoms with Crippen molar-refractivity contribution in [3.05, 3.63) is 59.6 Å². The van der Waals surface area contributed by atoms with Gasteiger partial charge in [-0.2, -0.15) is 5.10 Å². The molecule has 0 atom stereocenters. The Morgan fingerprint density at radius 2 is 2.09 bits per heavy atom. The molecule has 5 heteroatoms. The zero-order valence-corrected chi connectivity index (χ0v) is 13.3. The standard InChI is InChI=1S/C18H20N4O/c1-2-22-12-14(10-19-22)11-21-9-8-17-16(13-21)18(20-23-17)15-6-4-3-5-7-15/h3-7,10,12H,2,8-9,11,13H2,1H3. The zero-order valence-electron chi connectivity index (χ0n) is 13.3. The van der Waals surface area contributed by atoms with Crippen LogP contribution in [0.1, 0.15) is 23.8 Å². The van der Waals surface area contributed by atoms with E-state index in [1.54, 1.807) is 0 Å². The molecule has 0 radical (unpaired) electrons. The van der Waals surface area contributed by atoms with Crippen LogP contribution in [0.3, 0.4) is 0 Å². The summed E-state index contributed by atoms with van der Waals surface area (Å²) in [5.74, 6) is 1.03. The van der Waals surface area contributed by atoms with Crippen LogP contribution in [-0.4, -0.2) is 26.4 Å². The third kappa shape index (κ3) is 2.80. The van der Waals surface area contributed by atoms with Gasteiger partial charge in [0.2, 0.25) is 0 Å². The lowest BCUT2D eigenvalue weighted by Crippen LogP contribution is -2.29. The van der Waals surface area contributed by atoms with Gasteiger partial charge in [0.05, 0.1) is 6.20 Å². The van der Waals surface area contributed by atoms with E-state index < -0.39 is 0 Å². The van der Waals surface area contributed by atoms with E-state index in [0.717, 1.165) is 49.6 Å². The van der Waals surface area contributed by atoms with Crippen molar-refractivity contribution < 1.29 is 4.52 Å². The molecule has 0 amide bonds. The van der Waals surface area contributed by atoms with E-state index in [9.17, 15) is 0 Å². The van der Waals surface area contributed by atoms with Crippen LogP contribution in [0, 0.1) is 0 Å². The maximum Gasteiger partial charge on any atom is 0.143 e. The highest BCUT2D eigenvalue weighted by Gasteiger charge is 2.25. The first-order valence-corrected chi connectivity index (χ1v) is 8.10. The Bertz CT molecular complexity index is 790. The lowest BCUT2D eigenvalue weighted by Gasteiger charge is -2.25. The molecule has 4 rings (SSSR count). The van der Waals surface area contributed by atoms with Crippen LogP contribution < -0.4 is 0 Å². The van der Waals surface area contributed by atoms with Crippen molar-refractivity contribution in [1.29, 1.82) is 0 Å². The fourth-order valence-corrected chi connectivity index (χ4v) is 3.14. The van der Waals surface area contributed by atoms with Crippen LogP contribution >= 0.6 is 0 Å². The molecule has 1 aromatic carbocycles. The molecule has 0 fully saturated rings. The number of nitrogens with zero attached hydrogens (tertiary/aromatic N) is 4. The predicted molar refractivity (Wildman–Crippen MR) is 87.7 cm³/mol. The highest BCUT2D eigenvalue weighted by molar-refractivity contribution is 5.63. The van der Waals surface area contributed by atoms with E-state index >= 15 is 0 Å². The van der Waals surface area contributed by atoms with Gasteiger partial charge in [0.1, 0.15) is 11.5 Å². The van der Waals surface area contributed by atoms with Crippen LogP contribution in [0.4, 0.5) is 0 Å². The summed E-state index contributed by atoms with van der Waals surface area (Å²) in [7, 11) is 0. The van der Waals surface area contributed by atoms with Gasteiger partial charge in [-0.1, -0.05) is 35.5 Å². The lowest BCUT2D eigenvalue weighted by atomic mass is 10.0. The van der Waals surface area contributed by atoms with E-state index in [0.29, 0.717) is 0 Å². The van der Waals surface area contributed by atoms with Crippen molar-refractivity contribution in [2.75, 3.05) is 6.54 Å². The van der Waals surface area contributed by atoms with Crippen LogP contribution in [0.2, 0.25) is 0 Å². The van der Waals surface area contributed by atoms with Gasteiger partial charge >= 0.3 is 0 Å². The molecule has 3 aromatic rings. The van der Waals surface area contributed by atoms with Gasteiger partial charge in [0, 0.05) is 55.5 Å². The molecule has 0 saturated heterocycles. The minimum Gasteiger partial charge on any atom is -0.360 e. The Morgan fingerprint density at radius 1 is 1.22 bits per heavy atom. The average molecular weight is 308 g/mol. The first-order valence-electron chi connectivity index (χ1n) is 8.10. The Labute approximate surface area is 135 Å². The molecule has 3 heterocycles. The van der Waals surface area contributed by atoms with Crippen LogP contribution in [0.15, 0.2) is 47.2 Å². The highest BCUT2D eigenvalue weighted by Crippen LogP contribution is 2.30. The summed E-state index contributed by atoms with van der Waals surface area (Å²) in [5.41, 5.74) is 4.59. The number of fused-ring (bicyclic) bond motifs is 1. The quantitative estimate of drug-likeness (QED) is 0.743. The Hall–Kier alpha value is -2.40. The van der Waals surface area contributed by atoms with Crippen molar-refractivity contribution in [2.45, 2.75) is 33.0 Å². The summed E-state index contributed by atoms with van der Waals surface area (Å²) in [5, 5.41) is 8.67. The third-order valence-corrected chi connectivity index (χ3v) is 4.37. The van der Waals surface area contributed by atoms with Crippen molar-refractivity contribution >= 4 is 0 Å². The SMILES string of the molecule is CCn1cc(CN2CCc3onc(-c4ccccc4)c3C2)cn1. The Balaban J connectivity index is 1.55. The normalized spacial score (nSPS) is 14.8. The van der Waals surface area contributed by atoms with Crippen molar-refractivity contribution in [1.82, 2.24) is 19.8 Å². The fraction of sp³-hybridized carbons (Fsp3) is 0.333. The molecule has 0 saturated carbocycles. The molecule has 0 unspecified atom stereocenters. The molecule has 0 spiro atoms. The van der Waals surface area contributed by atoms with Crippen molar-refractivity contribution in [2.24, 2.45) is 0 Å². The predicted octanol–water partition coefficient (Wildman–Crippen LogP) is 3.12. The minimum atomic E-state index is 0.875. The molecule has 0 aliphatic carbocycles. The molecule has 1 aliphatic heterocycles. The number of rotatable bonds is 4. The number of aryl methyl sites for hydroxylation is 1. The first-order chi connectivity index (χ1) is 11.3. The molecule has 118 valence electrons. The number of hydrogen-bond donors (Lipinski definition) is 0. The summed E-state index contributed by atoms with van der Waals surface area (Å²) in [4.78, 5) is 2.43. The molecule has 2 aromatic heterocycles. The van der Waals surface area contributed by atoms with Gasteiger partial charge < -0.3 is 4.52 Å². The number of benzene rings is 1. The third-order valence-electron chi connectivity index (χ3n) is 4.37. The number of aromatic nitrogens is 3. The van der Waals surface area contributed by atoms with E-state index in [1.807, 2.05) is 29.1 Å². The largest absolute Gasteiger partial charge is 0.360 e. The maximum atomic E-state index is 5.57. The van der Waals surface area contributed by atoms with E-state index in [4.69, 9.17) is 4.52 Å². The Morgan fingerprint density at radius 3 is 2.87 bits per heavy atom. The minimum absolute atomic E-state index is 0.875. The van der Waals surface area contributed by atoms with Gasteiger partial charge in [-0.3, -0.25) is 9.58 Å². The Kier molecular flexibility index (Phi) is 3.71. The topological polar surface area (TPSA) is 47.1 Å². The molecule has 5 nitrogen and oxygen atoms in total. The van der Waals surface area contributed by atoms with Gasteiger partial charge in [0.25, 0.3) is 0 Å². The van der Waals surface area contributed by atoms with Crippen LogP contribution in [0.25, 0.3) is 11.3 Å². The summed E-state index contributed by atoms with van der Waals surface area (Å²) in [6.45, 7) is 5.80. The molecule has 23 heavy (non-hydrogen) atoms. The summed E-state index contributed by atoms with van der Waals surface area (Å²) >= 11 is 0. The van der Waals surface area contributed by atoms with Gasteiger partial charge in [-0.15, -0.1) is 0 Å². The maximum absolute atomic E-state index is 5.57. The van der Waals surface area contributed by atoms with E-state index in [-0.39, 0.29) is 0 Å². The van der Waals surface area contributed by atoms with Crippen LogP contribution in [0.5, 0.6) is 0 Å². The average Bonchev–Trinajstić information content (AvgIpc) is 3.22. The van der Waals surface area contributed by atoms with Gasteiger partial charge in [0.15, 0.2) is 0 Å². The second-order valence-corrected chi connectivity index (χ2v) is 5.96. The summed E-state index contributed by atoms with van der Waals surface area (Å²) in [6.07, 6.45) is 5.00. The molecule has 1 aliphatic rings. The smallest absolute Gasteiger partial charge is 0.143 e. The summed E-state index contributed by atoms with van der Waals surface area (Å²) in [6, 6.07) is 10.3. The van der Waals surface area contributed by atoms with Crippen molar-refractivity contribution in [3.63, 3.8) is 0 Å². The monoisotopic (exact) mass is 308 g/mol. The van der Waals surface area contributed by atoms with Gasteiger partial charge in [-0.25, -0.2) is 0 Å². The second kappa shape index (κ2) is 6.01. The zero-order chi connectivity index (χ0) is 15.6. The molecular weight excluding hydrogens is 288 g/mol.